The fourth-order valence-corrected chi connectivity index (χ4v) is 1.25. The highest BCUT2D eigenvalue weighted by atomic mass is 35.5. The minimum absolute atomic E-state index is 0.0387. The van der Waals surface area contributed by atoms with E-state index in [0.717, 1.165) is 4.90 Å². The van der Waals surface area contributed by atoms with Crippen LogP contribution in [-0.2, 0) is 0 Å². The van der Waals surface area contributed by atoms with Gasteiger partial charge in [0.25, 0.3) is 0 Å². The molecular weight excluding hydrogens is 218 g/mol. The van der Waals surface area contributed by atoms with E-state index in [0.29, 0.717) is 10.6 Å². The number of aliphatic hydroxyl groups is 1. The van der Waals surface area contributed by atoms with Crippen LogP contribution < -0.4 is 0 Å². The molecule has 2 N–H and O–H groups in total. The van der Waals surface area contributed by atoms with Crippen LogP contribution in [0.3, 0.4) is 0 Å². The lowest BCUT2D eigenvalue weighted by atomic mass is 10.1. The van der Waals surface area contributed by atoms with Crippen molar-refractivity contribution >= 4 is 17.7 Å². The molecule has 15 heavy (non-hydrogen) atoms. The fraction of sp³-hybridized carbons (Fsp3) is 0.300. The second kappa shape index (κ2) is 5.00. The molecule has 0 aliphatic rings. The number of halogens is 1. The zero-order valence-corrected chi connectivity index (χ0v) is 8.98. The summed E-state index contributed by atoms with van der Waals surface area (Å²) < 4.78 is 0. The molecule has 0 radical (unpaired) electrons. The van der Waals surface area contributed by atoms with Crippen molar-refractivity contribution in [1.82, 2.24) is 4.90 Å². The van der Waals surface area contributed by atoms with Crippen LogP contribution in [0.25, 0.3) is 0 Å². The van der Waals surface area contributed by atoms with E-state index in [1.165, 1.54) is 7.05 Å². The van der Waals surface area contributed by atoms with Crippen LogP contribution in [0, 0.1) is 0 Å². The first kappa shape index (κ1) is 11.8. The van der Waals surface area contributed by atoms with Crippen molar-refractivity contribution in [3.63, 3.8) is 0 Å². The molecule has 5 heteroatoms. The first-order valence-electron chi connectivity index (χ1n) is 4.38. The summed E-state index contributed by atoms with van der Waals surface area (Å²) in [5, 5.41) is 18.9. The third-order valence-electron chi connectivity index (χ3n) is 2.03. The minimum atomic E-state index is -1.07. The molecule has 0 aromatic heterocycles. The van der Waals surface area contributed by atoms with Gasteiger partial charge in [-0.2, -0.15) is 0 Å². The van der Waals surface area contributed by atoms with E-state index >= 15 is 0 Å². The van der Waals surface area contributed by atoms with Crippen molar-refractivity contribution in [2.24, 2.45) is 0 Å². The van der Waals surface area contributed by atoms with Crippen molar-refractivity contribution in [3.05, 3.63) is 34.9 Å². The van der Waals surface area contributed by atoms with E-state index < -0.39 is 12.2 Å². The van der Waals surface area contributed by atoms with Gasteiger partial charge in [-0.15, -0.1) is 0 Å². The molecule has 1 amide bonds. The van der Waals surface area contributed by atoms with Crippen molar-refractivity contribution in [3.8, 4) is 0 Å². The summed E-state index contributed by atoms with van der Waals surface area (Å²) in [5.41, 5.74) is 0.646. The predicted molar refractivity (Wildman–Crippen MR) is 57.1 cm³/mol. The molecule has 0 aliphatic heterocycles. The number of aliphatic hydroxyl groups excluding tert-OH is 1. The molecule has 0 spiro atoms. The third kappa shape index (κ3) is 3.42. The maximum Gasteiger partial charge on any atom is 0.407 e. The van der Waals surface area contributed by atoms with Crippen LogP contribution in [0.15, 0.2) is 24.3 Å². The molecule has 1 rings (SSSR count). The highest BCUT2D eigenvalue weighted by Crippen LogP contribution is 2.16. The average Bonchev–Trinajstić information content (AvgIpc) is 2.18. The minimum Gasteiger partial charge on any atom is -0.465 e. The van der Waals surface area contributed by atoms with Gasteiger partial charge in [0.05, 0.1) is 12.6 Å². The molecular formula is C10H12ClNO3. The van der Waals surface area contributed by atoms with E-state index in [4.69, 9.17) is 16.7 Å². The second-order valence-electron chi connectivity index (χ2n) is 3.23. The predicted octanol–water partition coefficient (Wildman–Crippen LogP) is 1.98. The molecule has 82 valence electrons. The molecule has 1 aromatic carbocycles. The Hall–Kier alpha value is -1.26. The molecule has 0 aliphatic carbocycles. The quantitative estimate of drug-likeness (QED) is 0.833. The monoisotopic (exact) mass is 229 g/mol. The number of amides is 1. The Bertz CT molecular complexity index is 339. The van der Waals surface area contributed by atoms with Crippen molar-refractivity contribution in [2.45, 2.75) is 6.10 Å². The maximum atomic E-state index is 10.5. The number of nitrogens with zero attached hydrogens (tertiary/aromatic N) is 1. The SMILES string of the molecule is CN(C[C@H](O)c1ccc(Cl)cc1)C(=O)O. The number of rotatable bonds is 3. The number of benzene rings is 1. The summed E-state index contributed by atoms with van der Waals surface area (Å²) in [6.07, 6.45) is -1.90. The van der Waals surface area contributed by atoms with E-state index in [1.807, 2.05) is 0 Å². The number of carboxylic acid groups (broad SMARTS) is 1. The van der Waals surface area contributed by atoms with Gasteiger partial charge in [0.15, 0.2) is 0 Å². The fourth-order valence-electron chi connectivity index (χ4n) is 1.13. The van der Waals surface area contributed by atoms with Gasteiger partial charge in [-0.1, -0.05) is 23.7 Å². The van der Waals surface area contributed by atoms with E-state index in [2.05, 4.69) is 0 Å². The van der Waals surface area contributed by atoms with Crippen molar-refractivity contribution in [1.29, 1.82) is 0 Å². The van der Waals surface area contributed by atoms with Gasteiger partial charge in [0.2, 0.25) is 0 Å². The normalized spacial score (nSPS) is 12.2. The van der Waals surface area contributed by atoms with Crippen LogP contribution in [0.1, 0.15) is 11.7 Å². The lowest BCUT2D eigenvalue weighted by molar-refractivity contribution is 0.108. The third-order valence-corrected chi connectivity index (χ3v) is 2.28. The van der Waals surface area contributed by atoms with E-state index in [1.54, 1.807) is 24.3 Å². The van der Waals surface area contributed by atoms with Crippen LogP contribution in [0.4, 0.5) is 4.79 Å². The van der Waals surface area contributed by atoms with Gasteiger partial charge in [-0.05, 0) is 17.7 Å². The van der Waals surface area contributed by atoms with Gasteiger partial charge >= 0.3 is 6.09 Å². The highest BCUT2D eigenvalue weighted by Gasteiger charge is 2.13. The van der Waals surface area contributed by atoms with Crippen LogP contribution in [0.2, 0.25) is 5.02 Å². The number of likely N-dealkylation sites (N-methyl/N-ethyl adjacent to an activating group) is 1. The van der Waals surface area contributed by atoms with Crippen molar-refractivity contribution in [2.75, 3.05) is 13.6 Å². The molecule has 0 fully saturated rings. The average molecular weight is 230 g/mol. The van der Waals surface area contributed by atoms with Gasteiger partial charge in [-0.25, -0.2) is 4.79 Å². The summed E-state index contributed by atoms with van der Waals surface area (Å²) in [4.78, 5) is 11.5. The summed E-state index contributed by atoms with van der Waals surface area (Å²) in [6.45, 7) is 0.0387. The topological polar surface area (TPSA) is 60.8 Å². The standard InChI is InChI=1S/C10H12ClNO3/c1-12(10(14)15)6-9(13)7-2-4-8(11)5-3-7/h2-5,9,13H,6H2,1H3,(H,14,15)/t9-/m0/s1. The second-order valence-corrected chi connectivity index (χ2v) is 3.67. The lowest BCUT2D eigenvalue weighted by Gasteiger charge is -2.17. The largest absolute Gasteiger partial charge is 0.465 e. The Labute approximate surface area is 92.7 Å². The molecule has 1 aromatic rings. The van der Waals surface area contributed by atoms with Gasteiger partial charge in [-0.3, -0.25) is 0 Å². The Balaban J connectivity index is 2.64. The zero-order chi connectivity index (χ0) is 11.4. The summed E-state index contributed by atoms with van der Waals surface area (Å²) in [7, 11) is 1.40. The van der Waals surface area contributed by atoms with Gasteiger partial charge < -0.3 is 15.1 Å². The van der Waals surface area contributed by atoms with E-state index in [9.17, 15) is 9.90 Å². The Morgan fingerprint density at radius 2 is 2.00 bits per heavy atom. The molecule has 0 saturated carbocycles. The first-order chi connectivity index (χ1) is 7.00. The van der Waals surface area contributed by atoms with Crippen molar-refractivity contribution < 1.29 is 15.0 Å². The summed E-state index contributed by atoms with van der Waals surface area (Å²) in [6, 6.07) is 6.65. The van der Waals surface area contributed by atoms with Crippen LogP contribution in [-0.4, -0.2) is 34.8 Å². The molecule has 4 nitrogen and oxygen atoms in total. The number of hydrogen-bond acceptors (Lipinski definition) is 2. The number of hydrogen-bond donors (Lipinski definition) is 2. The highest BCUT2D eigenvalue weighted by molar-refractivity contribution is 6.30. The van der Waals surface area contributed by atoms with Crippen LogP contribution >= 0.6 is 11.6 Å². The molecule has 0 unspecified atom stereocenters. The smallest absolute Gasteiger partial charge is 0.407 e. The Morgan fingerprint density at radius 3 is 2.47 bits per heavy atom. The Kier molecular flexibility index (Phi) is 3.94. The molecule has 0 bridgehead atoms. The number of carbonyl (C=O) groups is 1. The first-order valence-corrected chi connectivity index (χ1v) is 4.76. The zero-order valence-electron chi connectivity index (χ0n) is 8.22. The van der Waals surface area contributed by atoms with Gasteiger partial charge in [0.1, 0.15) is 0 Å². The van der Waals surface area contributed by atoms with E-state index in [-0.39, 0.29) is 6.54 Å². The summed E-state index contributed by atoms with van der Waals surface area (Å²) in [5.74, 6) is 0. The molecule has 1 atom stereocenters. The maximum absolute atomic E-state index is 10.5. The molecule has 0 heterocycles. The lowest BCUT2D eigenvalue weighted by Crippen LogP contribution is -2.29. The Morgan fingerprint density at radius 1 is 1.47 bits per heavy atom. The molecule has 0 saturated heterocycles. The van der Waals surface area contributed by atoms with Crippen LogP contribution in [0.5, 0.6) is 0 Å². The van der Waals surface area contributed by atoms with Gasteiger partial charge in [0, 0.05) is 12.1 Å². The summed E-state index contributed by atoms with van der Waals surface area (Å²) >= 11 is 5.69.